The molecule has 0 unspecified atom stereocenters. The third kappa shape index (κ3) is 4.50. The van der Waals surface area contributed by atoms with Crippen LogP contribution in [0.25, 0.3) is 55.8 Å². The van der Waals surface area contributed by atoms with Crippen LogP contribution in [-0.2, 0) is 16.4 Å². The minimum atomic E-state index is -3.74. The van der Waals surface area contributed by atoms with E-state index in [9.17, 15) is 22.4 Å². The summed E-state index contributed by atoms with van der Waals surface area (Å²) < 4.78 is 49.3. The molecule has 0 fully saturated rings. The van der Waals surface area contributed by atoms with Gasteiger partial charge in [0.1, 0.15) is 17.2 Å². The van der Waals surface area contributed by atoms with Gasteiger partial charge in [0.25, 0.3) is 5.91 Å². The van der Waals surface area contributed by atoms with Gasteiger partial charge < -0.3 is 9.73 Å². The molecule has 45 heavy (non-hydrogen) atoms. The first-order valence-corrected chi connectivity index (χ1v) is 16.0. The lowest BCUT2D eigenvalue weighted by molar-refractivity contribution is 0.0916. The van der Waals surface area contributed by atoms with Crippen molar-refractivity contribution in [3.63, 3.8) is 0 Å². The number of fused-ring (bicyclic) bond motifs is 6. The number of carbonyl (C=O) groups is 2. The molecule has 1 aliphatic heterocycles. The van der Waals surface area contributed by atoms with Crippen molar-refractivity contribution in [2.45, 2.75) is 13.3 Å². The summed E-state index contributed by atoms with van der Waals surface area (Å²) in [5.41, 5.74) is 5.47. The van der Waals surface area contributed by atoms with Gasteiger partial charge in [0.05, 0.1) is 46.5 Å². The van der Waals surface area contributed by atoms with Crippen LogP contribution >= 0.6 is 0 Å². The highest BCUT2D eigenvalue weighted by Gasteiger charge is 2.29. The molecule has 3 aromatic carbocycles. The Kier molecular flexibility index (Phi) is 6.41. The number of sulfonamides is 1. The van der Waals surface area contributed by atoms with Crippen molar-refractivity contribution in [2.75, 3.05) is 24.7 Å². The number of nitrogens with one attached hydrogen (secondary N) is 1. The average molecular weight is 623 g/mol. The fraction of sp³-hybridized carbons (Fsp3) is 0.147. The van der Waals surface area contributed by atoms with Crippen LogP contribution in [0.2, 0.25) is 0 Å². The number of rotatable bonds is 5. The van der Waals surface area contributed by atoms with E-state index in [0.29, 0.717) is 67.0 Å². The number of carbonyl (C=O) groups excluding carboxylic acids is 2. The SMILES string of the molecule is CNC(=O)c1c(-c2ccc(C)cc2)oc2cc(N(C)S(C)(=O)=O)c(-c3ccc4c(n3)-c3cc5c(F)cccc5n3C(=O)C4)cc12. The van der Waals surface area contributed by atoms with Gasteiger partial charge in [-0.2, -0.15) is 0 Å². The third-order valence-corrected chi connectivity index (χ3v) is 9.48. The van der Waals surface area contributed by atoms with E-state index in [1.54, 1.807) is 42.5 Å². The fourth-order valence-electron chi connectivity index (χ4n) is 5.92. The van der Waals surface area contributed by atoms with Crippen LogP contribution in [0, 0.1) is 12.7 Å². The summed E-state index contributed by atoms with van der Waals surface area (Å²) in [6.45, 7) is 1.96. The zero-order chi connectivity index (χ0) is 31.8. The van der Waals surface area contributed by atoms with Gasteiger partial charge in [-0.3, -0.25) is 18.5 Å². The number of aromatic nitrogens is 2. The smallest absolute Gasteiger partial charge is 0.255 e. The van der Waals surface area contributed by atoms with Gasteiger partial charge in [-0.25, -0.2) is 17.8 Å². The van der Waals surface area contributed by atoms with Crippen LogP contribution in [0.15, 0.2) is 77.2 Å². The van der Waals surface area contributed by atoms with E-state index < -0.39 is 15.8 Å². The van der Waals surface area contributed by atoms with Crippen molar-refractivity contribution >= 4 is 49.4 Å². The Morgan fingerprint density at radius 3 is 2.51 bits per heavy atom. The van der Waals surface area contributed by atoms with Crippen molar-refractivity contribution < 1.29 is 26.8 Å². The Balaban J connectivity index is 1.51. The number of aryl methyl sites for hydroxylation is 1. The van der Waals surface area contributed by atoms with E-state index in [4.69, 9.17) is 9.40 Å². The van der Waals surface area contributed by atoms with Crippen molar-refractivity contribution in [1.82, 2.24) is 14.9 Å². The Morgan fingerprint density at radius 1 is 1.04 bits per heavy atom. The number of hydrogen-bond acceptors (Lipinski definition) is 6. The molecule has 4 heterocycles. The largest absolute Gasteiger partial charge is 0.455 e. The Hall–Kier alpha value is -5.29. The number of nitrogens with zero attached hydrogens (tertiary/aromatic N) is 3. The zero-order valence-corrected chi connectivity index (χ0v) is 25.6. The second-order valence-electron chi connectivity index (χ2n) is 11.2. The molecule has 0 saturated carbocycles. The van der Waals surface area contributed by atoms with Crippen LogP contribution in [0.5, 0.6) is 0 Å². The second kappa shape index (κ2) is 10.1. The molecule has 1 N–H and O–H groups in total. The van der Waals surface area contributed by atoms with E-state index in [1.807, 2.05) is 31.2 Å². The number of halogens is 1. The minimum Gasteiger partial charge on any atom is -0.455 e. The lowest BCUT2D eigenvalue weighted by atomic mass is 9.98. The molecule has 0 saturated heterocycles. The number of benzene rings is 3. The number of amides is 1. The van der Waals surface area contributed by atoms with E-state index in [-0.39, 0.29) is 23.9 Å². The predicted octanol–water partition coefficient (Wildman–Crippen LogP) is 6.18. The summed E-state index contributed by atoms with van der Waals surface area (Å²) in [5, 5.41) is 3.46. The van der Waals surface area contributed by atoms with Gasteiger partial charge in [-0.1, -0.05) is 42.0 Å². The molecule has 7 rings (SSSR count). The van der Waals surface area contributed by atoms with Crippen molar-refractivity contribution in [1.29, 1.82) is 0 Å². The zero-order valence-electron chi connectivity index (χ0n) is 24.8. The normalized spacial score (nSPS) is 12.8. The molecule has 9 nitrogen and oxygen atoms in total. The maximum absolute atomic E-state index is 14.7. The highest BCUT2D eigenvalue weighted by atomic mass is 32.2. The highest BCUT2D eigenvalue weighted by molar-refractivity contribution is 7.92. The number of anilines is 1. The molecule has 0 spiro atoms. The molecule has 0 atom stereocenters. The summed E-state index contributed by atoms with van der Waals surface area (Å²) in [6.07, 6.45) is 1.16. The molecule has 11 heteroatoms. The quantitative estimate of drug-likeness (QED) is 0.246. The fourth-order valence-corrected chi connectivity index (χ4v) is 6.43. The van der Waals surface area contributed by atoms with E-state index in [2.05, 4.69) is 5.32 Å². The van der Waals surface area contributed by atoms with Crippen molar-refractivity contribution in [2.24, 2.45) is 0 Å². The first-order chi connectivity index (χ1) is 21.5. The standard InChI is InChI=1S/C34H27FN4O5S/c1-18-8-10-19(11-9-18)33-31(34(41)36-2)23-15-22(27(17-29(23)44-33)38(3)45(4,42)43)25-13-12-20-14-30(40)39-26-7-5-6-24(35)21(26)16-28(39)32(20)37-25/h5-13,15-17H,14H2,1-4H3,(H,36,41). The van der Waals surface area contributed by atoms with Crippen molar-refractivity contribution in [3.05, 3.63) is 95.3 Å². The first-order valence-electron chi connectivity index (χ1n) is 14.1. The molecule has 6 aromatic rings. The molecule has 0 aliphatic carbocycles. The Morgan fingerprint density at radius 2 is 1.80 bits per heavy atom. The molecular formula is C34H27FN4O5S. The maximum atomic E-state index is 14.7. The molecular weight excluding hydrogens is 595 g/mol. The molecule has 3 aromatic heterocycles. The number of pyridine rings is 1. The Labute approximate surface area is 258 Å². The molecule has 1 aliphatic rings. The maximum Gasteiger partial charge on any atom is 0.255 e. The summed E-state index contributed by atoms with van der Waals surface area (Å²) in [5.74, 6) is -0.682. The summed E-state index contributed by atoms with van der Waals surface area (Å²) >= 11 is 0. The number of furan rings is 1. The Bertz CT molecular complexity index is 2340. The molecule has 0 radical (unpaired) electrons. The lowest BCUT2D eigenvalue weighted by Crippen LogP contribution is -2.25. The summed E-state index contributed by atoms with van der Waals surface area (Å²) in [7, 11) is -0.777. The van der Waals surface area contributed by atoms with Gasteiger partial charge in [-0.05, 0) is 42.8 Å². The predicted molar refractivity (Wildman–Crippen MR) is 171 cm³/mol. The van der Waals surface area contributed by atoms with Gasteiger partial charge in [0.2, 0.25) is 15.9 Å². The number of hydrogen-bond donors (Lipinski definition) is 1. The van der Waals surface area contributed by atoms with Crippen LogP contribution in [0.4, 0.5) is 10.1 Å². The monoisotopic (exact) mass is 622 g/mol. The van der Waals surface area contributed by atoms with Gasteiger partial charge in [0.15, 0.2) is 0 Å². The third-order valence-electron chi connectivity index (χ3n) is 8.29. The molecule has 226 valence electrons. The lowest BCUT2D eigenvalue weighted by Gasteiger charge is -2.22. The summed E-state index contributed by atoms with van der Waals surface area (Å²) in [4.78, 5) is 31.4. The van der Waals surface area contributed by atoms with Crippen LogP contribution in [0.1, 0.15) is 26.3 Å². The average Bonchev–Trinajstić information content (AvgIpc) is 3.60. The van der Waals surface area contributed by atoms with Crippen molar-refractivity contribution in [3.8, 4) is 34.0 Å². The van der Waals surface area contributed by atoms with Crippen LogP contribution < -0.4 is 9.62 Å². The van der Waals surface area contributed by atoms with E-state index in [1.165, 1.54) is 24.7 Å². The molecule has 0 bridgehead atoms. The van der Waals surface area contributed by atoms with Gasteiger partial charge in [-0.15, -0.1) is 0 Å². The van der Waals surface area contributed by atoms with Gasteiger partial charge in [0, 0.05) is 42.1 Å². The highest BCUT2D eigenvalue weighted by Crippen LogP contribution is 2.42. The van der Waals surface area contributed by atoms with E-state index >= 15 is 0 Å². The second-order valence-corrected chi connectivity index (χ2v) is 13.2. The summed E-state index contributed by atoms with van der Waals surface area (Å²) in [6, 6.07) is 20.5. The van der Waals surface area contributed by atoms with Crippen LogP contribution in [0.3, 0.4) is 0 Å². The topological polar surface area (TPSA) is 115 Å². The van der Waals surface area contributed by atoms with Gasteiger partial charge >= 0.3 is 0 Å². The minimum absolute atomic E-state index is 0.0630. The first kappa shape index (κ1) is 28.5. The van der Waals surface area contributed by atoms with E-state index in [0.717, 1.165) is 16.1 Å². The molecule has 1 amide bonds. The van der Waals surface area contributed by atoms with Crippen LogP contribution in [-0.4, -0.2) is 50.1 Å².